The van der Waals surface area contributed by atoms with Crippen LogP contribution in [0.25, 0.3) is 0 Å². The summed E-state index contributed by atoms with van der Waals surface area (Å²) < 4.78 is 1.80. The third-order valence-electron chi connectivity index (χ3n) is 2.05. The van der Waals surface area contributed by atoms with Crippen molar-refractivity contribution in [1.82, 2.24) is 15.1 Å². The van der Waals surface area contributed by atoms with Crippen molar-refractivity contribution in [3.8, 4) is 12.3 Å². The molecule has 1 aromatic rings. The molecular formula is C11H17N3. The molecule has 1 atom stereocenters. The van der Waals surface area contributed by atoms with Gasteiger partial charge in [0, 0.05) is 19.7 Å². The number of aryl methyl sites for hydroxylation is 1. The Bertz CT molecular complexity index is 309. The average Bonchev–Trinajstić information content (AvgIpc) is 2.59. The number of nitrogens with zero attached hydrogens (tertiary/aromatic N) is 2. The summed E-state index contributed by atoms with van der Waals surface area (Å²) in [4.78, 5) is 0. The Morgan fingerprint density at radius 3 is 3.00 bits per heavy atom. The van der Waals surface area contributed by atoms with Gasteiger partial charge >= 0.3 is 0 Å². The molecule has 0 spiro atoms. The number of terminal acetylenes is 1. The number of hydrogen-bond donors (Lipinski definition) is 1. The minimum absolute atomic E-state index is 0.196. The molecule has 3 heteroatoms. The maximum Gasteiger partial charge on any atom is 0.0803 e. The van der Waals surface area contributed by atoms with Crippen LogP contribution in [0, 0.1) is 12.3 Å². The molecular weight excluding hydrogens is 174 g/mol. The molecule has 76 valence electrons. The van der Waals surface area contributed by atoms with Gasteiger partial charge in [0.1, 0.15) is 0 Å². The highest BCUT2D eigenvalue weighted by Crippen LogP contribution is 2.13. The van der Waals surface area contributed by atoms with Crippen molar-refractivity contribution in [2.45, 2.75) is 25.8 Å². The van der Waals surface area contributed by atoms with Crippen LogP contribution in [-0.4, -0.2) is 16.3 Å². The van der Waals surface area contributed by atoms with Crippen LogP contribution in [0.5, 0.6) is 0 Å². The van der Waals surface area contributed by atoms with Gasteiger partial charge in [-0.1, -0.05) is 6.92 Å². The van der Waals surface area contributed by atoms with Crippen LogP contribution in [0.4, 0.5) is 0 Å². The topological polar surface area (TPSA) is 29.9 Å². The zero-order valence-electron chi connectivity index (χ0n) is 8.83. The fourth-order valence-electron chi connectivity index (χ4n) is 1.34. The predicted octanol–water partition coefficient (Wildman–Crippen LogP) is 1.48. The van der Waals surface area contributed by atoms with E-state index in [4.69, 9.17) is 6.42 Å². The third-order valence-corrected chi connectivity index (χ3v) is 2.05. The summed E-state index contributed by atoms with van der Waals surface area (Å²) in [5.74, 6) is 2.67. The lowest BCUT2D eigenvalue weighted by Crippen LogP contribution is -2.22. The van der Waals surface area contributed by atoms with Gasteiger partial charge in [-0.25, -0.2) is 0 Å². The lowest BCUT2D eigenvalue weighted by Gasteiger charge is -2.12. The standard InChI is InChI=1S/C11H17N3/c1-4-6-10(12-8-5-2)11-7-9-14(3)13-11/h1,7,9-10,12H,5-6,8H2,2-3H3. The molecule has 0 bridgehead atoms. The van der Waals surface area contributed by atoms with Crippen molar-refractivity contribution in [2.75, 3.05) is 6.54 Å². The van der Waals surface area contributed by atoms with Crippen molar-refractivity contribution in [2.24, 2.45) is 7.05 Å². The number of hydrogen-bond acceptors (Lipinski definition) is 2. The highest BCUT2D eigenvalue weighted by molar-refractivity contribution is 5.08. The maximum absolute atomic E-state index is 5.32. The van der Waals surface area contributed by atoms with Gasteiger partial charge in [-0.15, -0.1) is 12.3 Å². The summed E-state index contributed by atoms with van der Waals surface area (Å²) in [6, 6.07) is 2.20. The molecule has 1 unspecified atom stereocenters. The molecule has 3 nitrogen and oxygen atoms in total. The molecule has 0 aliphatic carbocycles. The molecule has 0 saturated carbocycles. The van der Waals surface area contributed by atoms with E-state index in [0.717, 1.165) is 18.7 Å². The first kappa shape index (κ1) is 10.8. The fraction of sp³-hybridized carbons (Fsp3) is 0.545. The Kier molecular flexibility index (Phi) is 4.21. The predicted molar refractivity (Wildman–Crippen MR) is 57.7 cm³/mol. The Hall–Kier alpha value is -1.27. The molecule has 0 radical (unpaired) electrons. The molecule has 14 heavy (non-hydrogen) atoms. The number of rotatable bonds is 5. The first-order chi connectivity index (χ1) is 6.77. The second-order valence-corrected chi connectivity index (χ2v) is 3.33. The summed E-state index contributed by atoms with van der Waals surface area (Å²) in [7, 11) is 1.91. The van der Waals surface area contributed by atoms with Crippen LogP contribution in [0.3, 0.4) is 0 Å². The molecule has 1 heterocycles. The zero-order valence-corrected chi connectivity index (χ0v) is 8.83. The summed E-state index contributed by atoms with van der Waals surface area (Å²) in [5.41, 5.74) is 1.03. The number of nitrogens with one attached hydrogen (secondary N) is 1. The van der Waals surface area contributed by atoms with E-state index in [2.05, 4.69) is 23.3 Å². The molecule has 1 rings (SSSR count). The monoisotopic (exact) mass is 191 g/mol. The summed E-state index contributed by atoms with van der Waals surface area (Å²) in [6.07, 6.45) is 9.05. The highest BCUT2D eigenvalue weighted by atomic mass is 15.3. The molecule has 0 aromatic carbocycles. The van der Waals surface area contributed by atoms with E-state index >= 15 is 0 Å². The summed E-state index contributed by atoms with van der Waals surface area (Å²) in [6.45, 7) is 3.11. The van der Waals surface area contributed by atoms with Crippen molar-refractivity contribution in [1.29, 1.82) is 0 Å². The minimum atomic E-state index is 0.196. The molecule has 0 saturated heterocycles. The quantitative estimate of drug-likeness (QED) is 0.714. The van der Waals surface area contributed by atoms with Crippen LogP contribution in [0.2, 0.25) is 0 Å². The van der Waals surface area contributed by atoms with Gasteiger partial charge in [-0.2, -0.15) is 5.10 Å². The summed E-state index contributed by atoms with van der Waals surface area (Å²) >= 11 is 0. The van der Waals surface area contributed by atoms with Crippen LogP contribution >= 0.6 is 0 Å². The van der Waals surface area contributed by atoms with Gasteiger partial charge in [0.15, 0.2) is 0 Å². The van der Waals surface area contributed by atoms with Crippen molar-refractivity contribution < 1.29 is 0 Å². The normalized spacial score (nSPS) is 12.4. The smallest absolute Gasteiger partial charge is 0.0803 e. The van der Waals surface area contributed by atoms with E-state index in [9.17, 15) is 0 Å². The van der Waals surface area contributed by atoms with Gasteiger partial charge < -0.3 is 5.32 Å². The molecule has 0 aliphatic heterocycles. The van der Waals surface area contributed by atoms with Gasteiger partial charge in [0.25, 0.3) is 0 Å². The maximum atomic E-state index is 5.32. The molecule has 0 fully saturated rings. The SMILES string of the molecule is C#CCC(NCCC)c1ccn(C)n1. The van der Waals surface area contributed by atoms with Gasteiger partial charge in [0.2, 0.25) is 0 Å². The van der Waals surface area contributed by atoms with Crippen molar-refractivity contribution >= 4 is 0 Å². The first-order valence-corrected chi connectivity index (χ1v) is 4.94. The molecule has 0 aliphatic rings. The Morgan fingerprint density at radius 1 is 1.71 bits per heavy atom. The van der Waals surface area contributed by atoms with Gasteiger partial charge in [0.05, 0.1) is 11.7 Å². The van der Waals surface area contributed by atoms with E-state index in [1.807, 2.05) is 19.3 Å². The van der Waals surface area contributed by atoms with Gasteiger partial charge in [-0.05, 0) is 19.0 Å². The van der Waals surface area contributed by atoms with Crippen LogP contribution in [0.1, 0.15) is 31.5 Å². The minimum Gasteiger partial charge on any atom is -0.308 e. The summed E-state index contributed by atoms with van der Waals surface area (Å²) in [5, 5.41) is 7.72. The lowest BCUT2D eigenvalue weighted by molar-refractivity contribution is 0.523. The second-order valence-electron chi connectivity index (χ2n) is 3.33. The van der Waals surface area contributed by atoms with E-state index in [1.165, 1.54) is 0 Å². The van der Waals surface area contributed by atoms with Crippen LogP contribution in [-0.2, 0) is 7.05 Å². The van der Waals surface area contributed by atoms with Crippen LogP contribution < -0.4 is 5.32 Å². The average molecular weight is 191 g/mol. The van der Waals surface area contributed by atoms with Crippen LogP contribution in [0.15, 0.2) is 12.3 Å². The zero-order chi connectivity index (χ0) is 10.4. The highest BCUT2D eigenvalue weighted by Gasteiger charge is 2.11. The third kappa shape index (κ3) is 2.90. The molecule has 1 N–H and O–H groups in total. The lowest BCUT2D eigenvalue weighted by atomic mass is 10.1. The van der Waals surface area contributed by atoms with E-state index in [0.29, 0.717) is 6.42 Å². The number of aromatic nitrogens is 2. The Morgan fingerprint density at radius 2 is 2.50 bits per heavy atom. The van der Waals surface area contributed by atoms with E-state index in [-0.39, 0.29) is 6.04 Å². The Balaban J connectivity index is 2.63. The second kappa shape index (κ2) is 5.46. The van der Waals surface area contributed by atoms with E-state index in [1.54, 1.807) is 4.68 Å². The first-order valence-electron chi connectivity index (χ1n) is 4.94. The molecule has 0 amide bonds. The Labute approximate surface area is 85.5 Å². The molecule has 1 aromatic heterocycles. The largest absolute Gasteiger partial charge is 0.308 e. The van der Waals surface area contributed by atoms with E-state index < -0.39 is 0 Å². The van der Waals surface area contributed by atoms with Crippen molar-refractivity contribution in [3.63, 3.8) is 0 Å². The van der Waals surface area contributed by atoms with Gasteiger partial charge in [-0.3, -0.25) is 4.68 Å². The fourth-order valence-corrected chi connectivity index (χ4v) is 1.34. The van der Waals surface area contributed by atoms with Crippen molar-refractivity contribution in [3.05, 3.63) is 18.0 Å².